The second-order valence-electron chi connectivity index (χ2n) is 6.28. The van der Waals surface area contributed by atoms with Gasteiger partial charge in [-0.2, -0.15) is 0 Å². The number of anilines is 1. The van der Waals surface area contributed by atoms with Gasteiger partial charge in [0.25, 0.3) is 5.91 Å². The van der Waals surface area contributed by atoms with E-state index in [4.69, 9.17) is 23.2 Å². The Balaban J connectivity index is 2.08. The molecule has 5 heteroatoms. The minimum Gasteiger partial charge on any atom is -0.330 e. The van der Waals surface area contributed by atoms with E-state index in [1.165, 1.54) is 5.56 Å². The minimum atomic E-state index is -0.257. The Kier molecular flexibility index (Phi) is 6.67. The third kappa shape index (κ3) is 4.97. The van der Waals surface area contributed by atoms with Gasteiger partial charge >= 0.3 is 0 Å². The summed E-state index contributed by atoms with van der Waals surface area (Å²) >= 11 is 12.1. The van der Waals surface area contributed by atoms with Gasteiger partial charge in [-0.05, 0) is 25.1 Å². The number of amides is 1. The topological polar surface area (TPSA) is 45.7 Å². The van der Waals surface area contributed by atoms with E-state index < -0.39 is 0 Å². The van der Waals surface area contributed by atoms with Crippen LogP contribution in [0.25, 0.3) is 0 Å². The summed E-state index contributed by atoms with van der Waals surface area (Å²) in [4.78, 5) is 12.5. The van der Waals surface area contributed by atoms with Crippen molar-refractivity contribution in [1.82, 2.24) is 0 Å². The van der Waals surface area contributed by atoms with Crippen LogP contribution < -0.4 is 10.6 Å². The molecular weight excluding hydrogens is 343 g/mol. The van der Waals surface area contributed by atoms with E-state index in [1.807, 2.05) is 25.1 Å². The Morgan fingerprint density at radius 2 is 1.71 bits per heavy atom. The first-order valence-electron chi connectivity index (χ1n) is 8.04. The molecule has 1 amide bonds. The predicted molar refractivity (Wildman–Crippen MR) is 101 cm³/mol. The van der Waals surface area contributed by atoms with Gasteiger partial charge in [0.2, 0.25) is 0 Å². The van der Waals surface area contributed by atoms with E-state index >= 15 is 0 Å². The number of carbonyl (C=O) groups excluding carboxylic acids is 1. The standard InChI is InChI=1S/C19H22Cl2N2O/c1-12(2)18(14-7-5-4-6-8-14)22-13(3)19(24)23-17-11-15(20)9-10-16(17)21/h4-13,18,22H,1-3H3,(H,23,24)/p+1/t13-,18+/m1/s1. The number of hydrogen-bond donors (Lipinski definition) is 2. The van der Waals surface area contributed by atoms with Gasteiger partial charge in [0.15, 0.2) is 6.04 Å². The average molecular weight is 366 g/mol. The highest BCUT2D eigenvalue weighted by Crippen LogP contribution is 2.25. The van der Waals surface area contributed by atoms with Crippen molar-refractivity contribution in [2.45, 2.75) is 32.9 Å². The Bertz CT molecular complexity index is 689. The van der Waals surface area contributed by atoms with Crippen LogP contribution >= 0.6 is 23.2 Å². The predicted octanol–water partition coefficient (Wildman–Crippen LogP) is 4.28. The van der Waals surface area contributed by atoms with Crippen LogP contribution in [0.4, 0.5) is 5.69 Å². The Morgan fingerprint density at radius 1 is 1.04 bits per heavy atom. The zero-order chi connectivity index (χ0) is 17.7. The first-order valence-corrected chi connectivity index (χ1v) is 8.80. The summed E-state index contributed by atoms with van der Waals surface area (Å²) in [7, 11) is 0. The molecule has 0 aliphatic rings. The molecule has 0 radical (unpaired) electrons. The van der Waals surface area contributed by atoms with Crippen molar-refractivity contribution in [2.24, 2.45) is 5.92 Å². The van der Waals surface area contributed by atoms with Crippen molar-refractivity contribution in [3.63, 3.8) is 0 Å². The first-order chi connectivity index (χ1) is 11.4. The highest BCUT2D eigenvalue weighted by molar-refractivity contribution is 6.35. The Labute approximate surface area is 153 Å². The molecule has 0 aliphatic carbocycles. The maximum absolute atomic E-state index is 12.5. The number of quaternary nitrogens is 1. The number of nitrogens with one attached hydrogen (secondary N) is 1. The molecule has 0 heterocycles. The third-order valence-corrected chi connectivity index (χ3v) is 4.56. The second kappa shape index (κ2) is 8.52. The summed E-state index contributed by atoms with van der Waals surface area (Å²) in [6, 6.07) is 15.2. The molecule has 0 spiro atoms. The van der Waals surface area contributed by atoms with Crippen molar-refractivity contribution in [2.75, 3.05) is 5.32 Å². The van der Waals surface area contributed by atoms with Gasteiger partial charge in [-0.15, -0.1) is 0 Å². The van der Waals surface area contributed by atoms with Gasteiger partial charge in [-0.3, -0.25) is 4.79 Å². The van der Waals surface area contributed by atoms with E-state index in [2.05, 4.69) is 36.6 Å². The normalized spacial score (nSPS) is 13.6. The van der Waals surface area contributed by atoms with Gasteiger partial charge in [0.1, 0.15) is 6.04 Å². The maximum Gasteiger partial charge on any atom is 0.282 e. The molecule has 0 bridgehead atoms. The number of benzene rings is 2. The number of halogens is 2. The lowest BCUT2D eigenvalue weighted by atomic mass is 9.95. The number of rotatable bonds is 6. The summed E-state index contributed by atoms with van der Waals surface area (Å²) in [5, 5.41) is 5.96. The third-order valence-electron chi connectivity index (χ3n) is 4.00. The van der Waals surface area contributed by atoms with Gasteiger partial charge in [0, 0.05) is 16.5 Å². The fourth-order valence-corrected chi connectivity index (χ4v) is 2.97. The van der Waals surface area contributed by atoms with Crippen molar-refractivity contribution < 1.29 is 10.1 Å². The lowest BCUT2D eigenvalue weighted by Crippen LogP contribution is -2.93. The van der Waals surface area contributed by atoms with Crippen molar-refractivity contribution in [3.05, 3.63) is 64.1 Å². The second-order valence-corrected chi connectivity index (χ2v) is 7.12. The smallest absolute Gasteiger partial charge is 0.282 e. The molecule has 128 valence electrons. The monoisotopic (exact) mass is 365 g/mol. The van der Waals surface area contributed by atoms with E-state index in [0.717, 1.165) is 0 Å². The van der Waals surface area contributed by atoms with Crippen LogP contribution in [-0.2, 0) is 4.79 Å². The van der Waals surface area contributed by atoms with E-state index in [0.29, 0.717) is 21.7 Å². The van der Waals surface area contributed by atoms with Crippen LogP contribution in [0.2, 0.25) is 10.0 Å². The quantitative estimate of drug-likeness (QED) is 0.788. The van der Waals surface area contributed by atoms with Crippen molar-refractivity contribution in [1.29, 1.82) is 0 Å². The maximum atomic E-state index is 12.5. The summed E-state index contributed by atoms with van der Waals surface area (Å²) in [6.07, 6.45) is 0. The van der Waals surface area contributed by atoms with Crippen LogP contribution in [0, 0.1) is 5.92 Å². The van der Waals surface area contributed by atoms with E-state index in [1.54, 1.807) is 18.2 Å². The largest absolute Gasteiger partial charge is 0.330 e. The van der Waals surface area contributed by atoms with Gasteiger partial charge < -0.3 is 10.6 Å². The fourth-order valence-electron chi connectivity index (χ4n) is 2.63. The molecule has 3 N–H and O–H groups in total. The molecule has 2 aromatic carbocycles. The molecular formula is C19H23Cl2N2O+. The van der Waals surface area contributed by atoms with Gasteiger partial charge in [0.05, 0.1) is 10.7 Å². The number of nitrogens with two attached hydrogens (primary N) is 1. The molecule has 0 saturated heterocycles. The zero-order valence-corrected chi connectivity index (χ0v) is 15.6. The van der Waals surface area contributed by atoms with Crippen LogP contribution in [0.5, 0.6) is 0 Å². The number of carbonyl (C=O) groups is 1. The molecule has 0 fully saturated rings. The highest BCUT2D eigenvalue weighted by Gasteiger charge is 2.26. The Morgan fingerprint density at radius 3 is 2.33 bits per heavy atom. The van der Waals surface area contributed by atoms with Crippen LogP contribution in [-0.4, -0.2) is 11.9 Å². The molecule has 3 nitrogen and oxygen atoms in total. The summed E-state index contributed by atoms with van der Waals surface area (Å²) in [5.74, 6) is 0.304. The average Bonchev–Trinajstić information content (AvgIpc) is 2.56. The SMILES string of the molecule is CC(C)[C@H]([NH2+][C@H](C)C(=O)Nc1cc(Cl)ccc1Cl)c1ccccc1. The molecule has 0 saturated carbocycles. The summed E-state index contributed by atoms with van der Waals surface area (Å²) < 4.78 is 0. The van der Waals surface area contributed by atoms with Gasteiger partial charge in [-0.1, -0.05) is 67.4 Å². The van der Waals surface area contributed by atoms with E-state index in [9.17, 15) is 4.79 Å². The molecule has 2 rings (SSSR count). The zero-order valence-electron chi connectivity index (χ0n) is 14.1. The van der Waals surface area contributed by atoms with Crippen LogP contribution in [0.3, 0.4) is 0 Å². The first kappa shape index (κ1) is 18.8. The minimum absolute atomic E-state index is 0.0965. The lowest BCUT2D eigenvalue weighted by molar-refractivity contribution is -0.718. The van der Waals surface area contributed by atoms with Crippen LogP contribution in [0.15, 0.2) is 48.5 Å². The number of hydrogen-bond acceptors (Lipinski definition) is 1. The van der Waals surface area contributed by atoms with Gasteiger partial charge in [-0.25, -0.2) is 0 Å². The summed E-state index contributed by atoms with van der Waals surface area (Å²) in [5.41, 5.74) is 1.75. The van der Waals surface area contributed by atoms with E-state index in [-0.39, 0.29) is 18.0 Å². The molecule has 2 atom stereocenters. The molecule has 0 unspecified atom stereocenters. The fraction of sp³-hybridized carbons (Fsp3) is 0.316. The van der Waals surface area contributed by atoms with Crippen molar-refractivity contribution in [3.8, 4) is 0 Å². The molecule has 2 aromatic rings. The summed E-state index contributed by atoms with van der Waals surface area (Å²) in [6.45, 7) is 6.21. The molecule has 24 heavy (non-hydrogen) atoms. The lowest BCUT2D eigenvalue weighted by Gasteiger charge is -2.23. The van der Waals surface area contributed by atoms with Crippen LogP contribution in [0.1, 0.15) is 32.4 Å². The Hall–Kier alpha value is -1.55. The molecule has 0 aliphatic heterocycles. The highest BCUT2D eigenvalue weighted by atomic mass is 35.5. The van der Waals surface area contributed by atoms with Crippen molar-refractivity contribution >= 4 is 34.8 Å². The molecule has 0 aromatic heterocycles.